The zero-order chi connectivity index (χ0) is 15.1. The first-order chi connectivity index (χ1) is 9.47. The third-order valence-electron chi connectivity index (χ3n) is 2.84. The van der Waals surface area contributed by atoms with Gasteiger partial charge in [0.2, 0.25) is 5.91 Å². The zero-order valence-electron chi connectivity index (χ0n) is 11.9. The van der Waals surface area contributed by atoms with Gasteiger partial charge in [0.25, 0.3) is 0 Å². The fraction of sp³-hybridized carbons (Fsp3) is 0.429. The number of ether oxygens (including phenoxy) is 2. The van der Waals surface area contributed by atoms with Crippen LogP contribution in [0.15, 0.2) is 18.2 Å². The lowest BCUT2D eigenvalue weighted by Gasteiger charge is -2.13. The molecule has 0 fully saturated rings. The Balaban J connectivity index is 2.68. The minimum atomic E-state index is -0.447. The van der Waals surface area contributed by atoms with E-state index < -0.39 is 5.97 Å². The lowest BCUT2D eigenvalue weighted by molar-refractivity contribution is -0.142. The second-order valence-corrected chi connectivity index (χ2v) is 4.47. The molecule has 1 rings (SSSR count). The van der Waals surface area contributed by atoms with Crippen molar-refractivity contribution < 1.29 is 19.1 Å². The number of nitrogens with two attached hydrogens (primary N) is 1. The molecular formula is C14H20N2O4. The number of benzene rings is 1. The van der Waals surface area contributed by atoms with Gasteiger partial charge < -0.3 is 20.5 Å². The van der Waals surface area contributed by atoms with E-state index in [2.05, 4.69) is 10.1 Å². The Kier molecular flexibility index (Phi) is 5.99. The van der Waals surface area contributed by atoms with Crippen LogP contribution in [0, 0.1) is 12.8 Å². The summed E-state index contributed by atoms with van der Waals surface area (Å²) in [7, 11) is 1.30. The second kappa shape index (κ2) is 7.49. The van der Waals surface area contributed by atoms with Crippen molar-refractivity contribution >= 4 is 17.6 Å². The molecule has 6 nitrogen and oxygen atoms in total. The van der Waals surface area contributed by atoms with Gasteiger partial charge in [-0.2, -0.15) is 0 Å². The van der Waals surface area contributed by atoms with E-state index in [9.17, 15) is 9.59 Å². The number of anilines is 1. The summed E-state index contributed by atoms with van der Waals surface area (Å²) in [6.07, 6.45) is 0. The average Bonchev–Trinajstić information content (AvgIpc) is 2.46. The first kappa shape index (κ1) is 16.0. The summed E-state index contributed by atoms with van der Waals surface area (Å²) in [4.78, 5) is 22.7. The number of nitrogens with one attached hydrogen (secondary N) is 1. The maximum atomic E-state index is 11.8. The van der Waals surface area contributed by atoms with Gasteiger partial charge in [0.15, 0.2) is 6.61 Å². The van der Waals surface area contributed by atoms with Crippen molar-refractivity contribution in [2.75, 3.05) is 25.6 Å². The van der Waals surface area contributed by atoms with Crippen molar-refractivity contribution in [3.63, 3.8) is 0 Å². The number of hydrogen-bond donors (Lipinski definition) is 2. The fourth-order valence-corrected chi connectivity index (χ4v) is 1.43. The van der Waals surface area contributed by atoms with Crippen LogP contribution in [0.4, 0.5) is 5.69 Å². The molecule has 0 bridgehead atoms. The predicted octanol–water partition coefficient (Wildman–Crippen LogP) is 1.08. The summed E-state index contributed by atoms with van der Waals surface area (Å²) in [6, 6.07) is 5.15. The number of hydrogen-bond acceptors (Lipinski definition) is 5. The second-order valence-electron chi connectivity index (χ2n) is 4.47. The minimum absolute atomic E-state index is 0.126. The van der Waals surface area contributed by atoms with Gasteiger partial charge in [0.05, 0.1) is 7.11 Å². The lowest BCUT2D eigenvalue weighted by Crippen LogP contribution is -2.26. The Hall–Kier alpha value is -2.08. The molecule has 3 N–H and O–H groups in total. The van der Waals surface area contributed by atoms with Gasteiger partial charge in [-0.15, -0.1) is 0 Å². The summed E-state index contributed by atoms with van der Waals surface area (Å²) in [5.74, 6) is -0.280. The van der Waals surface area contributed by atoms with Crippen molar-refractivity contribution in [1.29, 1.82) is 0 Å². The van der Waals surface area contributed by atoms with E-state index in [0.29, 0.717) is 18.0 Å². The largest absolute Gasteiger partial charge is 0.482 e. The molecule has 1 aromatic carbocycles. The van der Waals surface area contributed by atoms with Crippen LogP contribution in [-0.4, -0.2) is 32.1 Å². The monoisotopic (exact) mass is 280 g/mol. The summed E-state index contributed by atoms with van der Waals surface area (Å²) < 4.78 is 9.75. The molecule has 0 aliphatic rings. The fourth-order valence-electron chi connectivity index (χ4n) is 1.43. The highest BCUT2D eigenvalue weighted by molar-refractivity contribution is 5.93. The molecule has 0 spiro atoms. The molecule has 110 valence electrons. The summed E-state index contributed by atoms with van der Waals surface area (Å²) in [5, 5.41) is 2.80. The normalized spacial score (nSPS) is 11.6. The van der Waals surface area contributed by atoms with Crippen LogP contribution in [0.5, 0.6) is 5.75 Å². The van der Waals surface area contributed by atoms with Crippen LogP contribution >= 0.6 is 0 Å². The third kappa shape index (κ3) is 4.55. The number of methoxy groups -OCH3 is 1. The van der Waals surface area contributed by atoms with E-state index in [1.165, 1.54) is 7.11 Å². The Labute approximate surface area is 118 Å². The highest BCUT2D eigenvalue weighted by Crippen LogP contribution is 2.21. The zero-order valence-corrected chi connectivity index (χ0v) is 11.9. The number of carbonyl (C=O) groups is 2. The molecule has 0 aliphatic carbocycles. The van der Waals surface area contributed by atoms with Gasteiger partial charge >= 0.3 is 5.97 Å². The van der Waals surface area contributed by atoms with E-state index in [0.717, 1.165) is 5.56 Å². The molecule has 0 saturated heterocycles. The summed E-state index contributed by atoms with van der Waals surface area (Å²) >= 11 is 0. The van der Waals surface area contributed by atoms with Crippen molar-refractivity contribution in [1.82, 2.24) is 0 Å². The van der Waals surface area contributed by atoms with Crippen molar-refractivity contribution in [2.45, 2.75) is 13.8 Å². The number of rotatable bonds is 6. The summed E-state index contributed by atoms with van der Waals surface area (Å²) in [6.45, 7) is 3.75. The average molecular weight is 280 g/mol. The molecule has 0 radical (unpaired) electrons. The maximum Gasteiger partial charge on any atom is 0.343 e. The van der Waals surface area contributed by atoms with Crippen LogP contribution < -0.4 is 15.8 Å². The first-order valence-electron chi connectivity index (χ1n) is 6.29. The predicted molar refractivity (Wildman–Crippen MR) is 75.5 cm³/mol. The molecular weight excluding hydrogens is 260 g/mol. The van der Waals surface area contributed by atoms with E-state index in [1.54, 1.807) is 25.1 Å². The molecule has 1 amide bonds. The first-order valence-corrected chi connectivity index (χ1v) is 6.29. The maximum absolute atomic E-state index is 11.8. The Morgan fingerprint density at radius 2 is 2.10 bits per heavy atom. The van der Waals surface area contributed by atoms with Gasteiger partial charge in [-0.25, -0.2) is 4.79 Å². The Morgan fingerprint density at radius 3 is 2.65 bits per heavy atom. The Morgan fingerprint density at radius 1 is 1.40 bits per heavy atom. The van der Waals surface area contributed by atoms with Crippen LogP contribution in [-0.2, 0) is 14.3 Å². The molecule has 1 aromatic rings. The van der Waals surface area contributed by atoms with Crippen LogP contribution in [0.3, 0.4) is 0 Å². The van der Waals surface area contributed by atoms with E-state index in [1.807, 2.05) is 6.92 Å². The molecule has 0 aliphatic heterocycles. The molecule has 6 heteroatoms. The number of aryl methyl sites for hydroxylation is 1. The van der Waals surface area contributed by atoms with Gasteiger partial charge in [-0.05, 0) is 30.7 Å². The number of amides is 1. The standard InChI is InChI=1S/C14H20N2O4/c1-9-6-11(20-8-13(17)19-3)4-5-12(9)16-14(18)10(2)7-15/h4-6,10H,7-8,15H2,1-3H3,(H,16,18). The van der Waals surface area contributed by atoms with Crippen molar-refractivity contribution in [2.24, 2.45) is 11.7 Å². The van der Waals surface area contributed by atoms with Gasteiger partial charge in [-0.1, -0.05) is 6.92 Å². The van der Waals surface area contributed by atoms with Crippen LogP contribution in [0.2, 0.25) is 0 Å². The number of carbonyl (C=O) groups excluding carboxylic acids is 2. The van der Waals surface area contributed by atoms with Crippen LogP contribution in [0.1, 0.15) is 12.5 Å². The van der Waals surface area contributed by atoms with E-state index >= 15 is 0 Å². The van der Waals surface area contributed by atoms with E-state index in [-0.39, 0.29) is 18.4 Å². The van der Waals surface area contributed by atoms with E-state index in [4.69, 9.17) is 10.5 Å². The highest BCUT2D eigenvalue weighted by Gasteiger charge is 2.12. The SMILES string of the molecule is COC(=O)COc1ccc(NC(=O)C(C)CN)c(C)c1. The molecule has 1 atom stereocenters. The third-order valence-corrected chi connectivity index (χ3v) is 2.84. The lowest BCUT2D eigenvalue weighted by atomic mass is 10.1. The van der Waals surface area contributed by atoms with Crippen LogP contribution in [0.25, 0.3) is 0 Å². The molecule has 0 heterocycles. The molecule has 20 heavy (non-hydrogen) atoms. The Bertz CT molecular complexity index is 488. The quantitative estimate of drug-likeness (QED) is 0.761. The number of esters is 1. The molecule has 0 aromatic heterocycles. The smallest absolute Gasteiger partial charge is 0.343 e. The van der Waals surface area contributed by atoms with Gasteiger partial charge in [0, 0.05) is 18.2 Å². The van der Waals surface area contributed by atoms with Crippen molar-refractivity contribution in [3.8, 4) is 5.75 Å². The summed E-state index contributed by atoms with van der Waals surface area (Å²) in [5.41, 5.74) is 6.98. The molecule has 1 unspecified atom stereocenters. The highest BCUT2D eigenvalue weighted by atomic mass is 16.6. The van der Waals surface area contributed by atoms with Gasteiger partial charge in [0.1, 0.15) is 5.75 Å². The van der Waals surface area contributed by atoms with Gasteiger partial charge in [-0.3, -0.25) is 4.79 Å². The minimum Gasteiger partial charge on any atom is -0.482 e. The molecule has 0 saturated carbocycles. The van der Waals surface area contributed by atoms with Crippen molar-refractivity contribution in [3.05, 3.63) is 23.8 Å². The topological polar surface area (TPSA) is 90.6 Å².